The molecule has 1 aromatic carbocycles. The highest BCUT2D eigenvalue weighted by molar-refractivity contribution is 7.08. The molecule has 0 saturated heterocycles. The van der Waals surface area contributed by atoms with Gasteiger partial charge >= 0.3 is 6.03 Å². The van der Waals surface area contributed by atoms with Gasteiger partial charge in [0, 0.05) is 13.1 Å². The molecule has 1 atom stereocenters. The number of benzene rings is 1. The number of thiophene rings is 1. The van der Waals surface area contributed by atoms with Crippen LogP contribution in [-0.2, 0) is 11.3 Å². The van der Waals surface area contributed by atoms with Gasteiger partial charge in [0.25, 0.3) is 0 Å². The predicted molar refractivity (Wildman–Crippen MR) is 126 cm³/mol. The molecule has 0 spiro atoms. The van der Waals surface area contributed by atoms with Crippen LogP contribution in [0.2, 0.25) is 0 Å². The molecule has 0 bridgehead atoms. The van der Waals surface area contributed by atoms with Gasteiger partial charge in [-0.2, -0.15) is 11.3 Å². The van der Waals surface area contributed by atoms with Crippen LogP contribution >= 0.6 is 11.3 Å². The second kappa shape index (κ2) is 11.3. The van der Waals surface area contributed by atoms with Crippen LogP contribution in [-0.4, -0.2) is 42.0 Å². The molecular formula is C24H34N4O2S. The van der Waals surface area contributed by atoms with Gasteiger partial charge in [-0.15, -0.1) is 0 Å². The van der Waals surface area contributed by atoms with Gasteiger partial charge in [-0.25, -0.2) is 4.79 Å². The van der Waals surface area contributed by atoms with Gasteiger partial charge in [-0.1, -0.05) is 57.0 Å². The second-order valence-corrected chi connectivity index (χ2v) is 8.87. The number of hydrogen-bond donors (Lipinski definition) is 3. The molecule has 168 valence electrons. The first kappa shape index (κ1) is 23.3. The highest BCUT2D eigenvalue weighted by Crippen LogP contribution is 2.30. The molecule has 0 aliphatic heterocycles. The van der Waals surface area contributed by atoms with Crippen LogP contribution in [0, 0.1) is 0 Å². The number of hydrogen-bond acceptors (Lipinski definition) is 4. The largest absolute Gasteiger partial charge is 0.352 e. The van der Waals surface area contributed by atoms with Crippen LogP contribution in [0.25, 0.3) is 0 Å². The standard InChI is InChI=1S/C24H34N4O2S/c1-3-28(4-2)21(20-12-15-31-18-20)17-25-22(29)24(13-8-9-14-24)27-23(30)26-16-19-10-6-5-7-11-19/h5-7,10-12,15,18,21H,3-4,8-9,13-14,16-17H2,1-2H3,(H,25,29)(H2,26,27,30). The minimum atomic E-state index is -0.830. The van der Waals surface area contributed by atoms with Crippen LogP contribution in [0.3, 0.4) is 0 Å². The van der Waals surface area contributed by atoms with Crippen molar-refractivity contribution in [3.05, 3.63) is 58.3 Å². The summed E-state index contributed by atoms with van der Waals surface area (Å²) in [7, 11) is 0. The lowest BCUT2D eigenvalue weighted by atomic mass is 9.96. The molecule has 31 heavy (non-hydrogen) atoms. The van der Waals surface area contributed by atoms with Gasteiger partial charge in [-0.05, 0) is 53.9 Å². The van der Waals surface area contributed by atoms with E-state index in [1.54, 1.807) is 11.3 Å². The fourth-order valence-electron chi connectivity index (χ4n) is 4.37. The van der Waals surface area contributed by atoms with Crippen molar-refractivity contribution in [3.63, 3.8) is 0 Å². The third-order valence-corrected chi connectivity index (χ3v) is 6.88. The molecule has 1 saturated carbocycles. The molecule has 1 heterocycles. The van der Waals surface area contributed by atoms with Gasteiger partial charge in [0.1, 0.15) is 5.54 Å². The molecule has 1 aliphatic carbocycles. The van der Waals surface area contributed by atoms with E-state index in [2.05, 4.69) is 51.5 Å². The molecule has 1 aromatic heterocycles. The topological polar surface area (TPSA) is 73.5 Å². The normalized spacial score (nSPS) is 16.1. The summed E-state index contributed by atoms with van der Waals surface area (Å²) < 4.78 is 0. The monoisotopic (exact) mass is 442 g/mol. The molecule has 1 aliphatic rings. The summed E-state index contributed by atoms with van der Waals surface area (Å²) >= 11 is 1.67. The lowest BCUT2D eigenvalue weighted by molar-refractivity contribution is -0.127. The Morgan fingerprint density at radius 3 is 2.39 bits per heavy atom. The molecule has 7 heteroatoms. The van der Waals surface area contributed by atoms with Gasteiger partial charge in [0.15, 0.2) is 0 Å². The smallest absolute Gasteiger partial charge is 0.315 e. The van der Waals surface area contributed by atoms with E-state index in [-0.39, 0.29) is 18.0 Å². The van der Waals surface area contributed by atoms with Crippen LogP contribution in [0.1, 0.15) is 56.7 Å². The Kier molecular flexibility index (Phi) is 8.49. The first-order chi connectivity index (χ1) is 15.1. The number of amides is 3. The molecule has 1 unspecified atom stereocenters. The summed E-state index contributed by atoms with van der Waals surface area (Å²) in [5.41, 5.74) is 1.42. The van der Waals surface area contributed by atoms with Crippen LogP contribution in [0.15, 0.2) is 47.2 Å². The van der Waals surface area contributed by atoms with Gasteiger partial charge in [0.05, 0.1) is 6.04 Å². The quantitative estimate of drug-likeness (QED) is 0.520. The second-order valence-electron chi connectivity index (χ2n) is 8.09. The van der Waals surface area contributed by atoms with E-state index in [0.717, 1.165) is 31.5 Å². The van der Waals surface area contributed by atoms with E-state index in [9.17, 15) is 9.59 Å². The van der Waals surface area contributed by atoms with Crippen molar-refractivity contribution in [1.29, 1.82) is 0 Å². The lowest BCUT2D eigenvalue weighted by Gasteiger charge is -2.33. The number of carbonyl (C=O) groups excluding carboxylic acids is 2. The summed E-state index contributed by atoms with van der Waals surface area (Å²) in [4.78, 5) is 28.2. The predicted octanol–water partition coefficient (Wildman–Crippen LogP) is 4.06. The van der Waals surface area contributed by atoms with Gasteiger partial charge < -0.3 is 16.0 Å². The molecule has 0 radical (unpaired) electrons. The van der Waals surface area contributed by atoms with Gasteiger partial charge in [0.2, 0.25) is 5.91 Å². The molecule has 3 amide bonds. The van der Waals surface area contributed by atoms with Crippen molar-refractivity contribution in [2.45, 2.75) is 57.7 Å². The first-order valence-corrected chi connectivity index (χ1v) is 12.2. The number of nitrogens with one attached hydrogen (secondary N) is 3. The molecular weight excluding hydrogens is 408 g/mol. The third kappa shape index (κ3) is 6.08. The number of rotatable bonds is 10. The van der Waals surface area contributed by atoms with E-state index >= 15 is 0 Å². The molecule has 3 N–H and O–H groups in total. The van der Waals surface area contributed by atoms with E-state index in [1.165, 1.54) is 5.56 Å². The SMILES string of the molecule is CCN(CC)C(CNC(=O)C1(NC(=O)NCc2ccccc2)CCCC1)c1ccsc1. The fraction of sp³-hybridized carbons (Fsp3) is 0.500. The zero-order valence-corrected chi connectivity index (χ0v) is 19.3. The minimum Gasteiger partial charge on any atom is -0.352 e. The Balaban J connectivity index is 1.61. The van der Waals surface area contributed by atoms with E-state index < -0.39 is 5.54 Å². The number of carbonyl (C=O) groups is 2. The lowest BCUT2D eigenvalue weighted by Crippen LogP contribution is -2.59. The molecule has 3 rings (SSSR count). The van der Waals surface area contributed by atoms with Crippen molar-refractivity contribution in [2.75, 3.05) is 19.6 Å². The zero-order valence-electron chi connectivity index (χ0n) is 18.5. The number of nitrogens with zero attached hydrogens (tertiary/aromatic N) is 1. The first-order valence-electron chi connectivity index (χ1n) is 11.2. The van der Waals surface area contributed by atoms with Crippen LogP contribution in [0.5, 0.6) is 0 Å². The Labute approximate surface area is 189 Å². The highest BCUT2D eigenvalue weighted by atomic mass is 32.1. The third-order valence-electron chi connectivity index (χ3n) is 6.18. The molecule has 6 nitrogen and oxygen atoms in total. The van der Waals surface area contributed by atoms with Crippen LogP contribution < -0.4 is 16.0 Å². The average molecular weight is 443 g/mol. The Morgan fingerprint density at radius 1 is 1.06 bits per heavy atom. The van der Waals surface area contributed by atoms with Crippen molar-refractivity contribution in [3.8, 4) is 0 Å². The summed E-state index contributed by atoms with van der Waals surface area (Å²) in [6.45, 7) is 7.08. The maximum absolute atomic E-state index is 13.3. The summed E-state index contributed by atoms with van der Waals surface area (Å²) in [5, 5.41) is 13.3. The van der Waals surface area contributed by atoms with Crippen molar-refractivity contribution < 1.29 is 9.59 Å². The van der Waals surface area contributed by atoms with E-state index in [1.807, 2.05) is 30.3 Å². The van der Waals surface area contributed by atoms with Gasteiger partial charge in [-0.3, -0.25) is 9.69 Å². The van der Waals surface area contributed by atoms with Crippen molar-refractivity contribution in [2.24, 2.45) is 0 Å². The average Bonchev–Trinajstić information content (AvgIpc) is 3.49. The Morgan fingerprint density at radius 2 is 1.77 bits per heavy atom. The summed E-state index contributed by atoms with van der Waals surface area (Å²) in [5.74, 6) is -0.0766. The van der Waals surface area contributed by atoms with Crippen molar-refractivity contribution >= 4 is 23.3 Å². The van der Waals surface area contributed by atoms with E-state index in [4.69, 9.17) is 0 Å². The maximum atomic E-state index is 13.3. The minimum absolute atomic E-state index is 0.0766. The fourth-order valence-corrected chi connectivity index (χ4v) is 5.08. The number of likely N-dealkylation sites (N-methyl/N-ethyl adjacent to an activating group) is 1. The van der Waals surface area contributed by atoms with Crippen LogP contribution in [0.4, 0.5) is 4.79 Å². The highest BCUT2D eigenvalue weighted by Gasteiger charge is 2.42. The zero-order chi connectivity index (χ0) is 22.1. The molecule has 2 aromatic rings. The molecule has 1 fully saturated rings. The number of urea groups is 1. The summed E-state index contributed by atoms with van der Waals surface area (Å²) in [6, 6.07) is 11.7. The van der Waals surface area contributed by atoms with Crippen molar-refractivity contribution in [1.82, 2.24) is 20.9 Å². The maximum Gasteiger partial charge on any atom is 0.315 e. The van der Waals surface area contributed by atoms with E-state index in [0.29, 0.717) is 25.9 Å². The summed E-state index contributed by atoms with van der Waals surface area (Å²) in [6.07, 6.45) is 3.23. The Bertz CT molecular complexity index is 815. The Hall–Kier alpha value is -2.38.